The van der Waals surface area contributed by atoms with Crippen LogP contribution in [0.25, 0.3) is 0 Å². The highest BCUT2D eigenvalue weighted by Gasteiger charge is 2.26. The van der Waals surface area contributed by atoms with Crippen LogP contribution in [0.5, 0.6) is 0 Å². The second-order valence-electron chi connectivity index (χ2n) is 6.03. The minimum absolute atomic E-state index is 0.262. The summed E-state index contributed by atoms with van der Waals surface area (Å²) in [6.45, 7) is 6.84. The summed E-state index contributed by atoms with van der Waals surface area (Å²) in [5, 5.41) is 9.68. The molecule has 1 N–H and O–H groups in total. The predicted molar refractivity (Wildman–Crippen MR) is 89.4 cm³/mol. The highest BCUT2D eigenvalue weighted by molar-refractivity contribution is 5.91. The van der Waals surface area contributed by atoms with Gasteiger partial charge in [-0.2, -0.15) is 0 Å². The molecule has 0 saturated carbocycles. The molecule has 1 aromatic heterocycles. The summed E-state index contributed by atoms with van der Waals surface area (Å²) >= 11 is 0. The standard InChI is InChI=1S/C18H21FN2O3/c1-12-16(20-6-8-24-9-7-20)13(2)21(17(12)18(22)23)11-14-4-3-5-15(19)10-14/h3-5,10H,6-9,11H2,1-2H3,(H,22,23). The Kier molecular flexibility index (Phi) is 4.57. The fraction of sp³-hybridized carbons (Fsp3) is 0.389. The fourth-order valence-electron chi connectivity index (χ4n) is 3.43. The van der Waals surface area contributed by atoms with Gasteiger partial charge in [0.15, 0.2) is 0 Å². The highest BCUT2D eigenvalue weighted by Crippen LogP contribution is 2.32. The van der Waals surface area contributed by atoms with Crippen molar-refractivity contribution in [2.24, 2.45) is 0 Å². The van der Waals surface area contributed by atoms with Crippen LogP contribution in [0.4, 0.5) is 10.1 Å². The summed E-state index contributed by atoms with van der Waals surface area (Å²) in [6.07, 6.45) is 0. The molecule has 3 rings (SSSR count). The van der Waals surface area contributed by atoms with Crippen molar-refractivity contribution in [2.45, 2.75) is 20.4 Å². The third kappa shape index (κ3) is 3.01. The monoisotopic (exact) mass is 332 g/mol. The molecule has 0 spiro atoms. The van der Waals surface area contributed by atoms with Crippen LogP contribution >= 0.6 is 0 Å². The summed E-state index contributed by atoms with van der Waals surface area (Å²) < 4.78 is 20.6. The summed E-state index contributed by atoms with van der Waals surface area (Å²) in [7, 11) is 0. The van der Waals surface area contributed by atoms with Crippen molar-refractivity contribution in [1.29, 1.82) is 0 Å². The third-order valence-corrected chi connectivity index (χ3v) is 4.49. The lowest BCUT2D eigenvalue weighted by Gasteiger charge is -2.29. The molecule has 0 unspecified atom stereocenters. The quantitative estimate of drug-likeness (QED) is 0.935. The number of nitrogens with zero attached hydrogens (tertiary/aromatic N) is 2. The van der Waals surface area contributed by atoms with Crippen LogP contribution in [0.3, 0.4) is 0 Å². The molecule has 2 heterocycles. The lowest BCUT2D eigenvalue weighted by Crippen LogP contribution is -2.36. The first-order valence-electron chi connectivity index (χ1n) is 7.99. The number of benzene rings is 1. The molecule has 0 bridgehead atoms. The largest absolute Gasteiger partial charge is 0.477 e. The van der Waals surface area contributed by atoms with E-state index in [1.807, 2.05) is 13.8 Å². The van der Waals surface area contributed by atoms with Crippen molar-refractivity contribution in [1.82, 2.24) is 4.57 Å². The summed E-state index contributed by atoms with van der Waals surface area (Å²) in [5.74, 6) is -1.29. The van der Waals surface area contributed by atoms with Crippen molar-refractivity contribution in [3.63, 3.8) is 0 Å². The molecule has 1 aliphatic rings. The van der Waals surface area contributed by atoms with Crippen molar-refractivity contribution >= 4 is 11.7 Å². The molecule has 6 heteroatoms. The van der Waals surface area contributed by atoms with Gasteiger partial charge in [-0.25, -0.2) is 9.18 Å². The van der Waals surface area contributed by atoms with E-state index in [1.165, 1.54) is 12.1 Å². The predicted octanol–water partition coefficient (Wildman–Crippen LogP) is 2.83. The molecule has 24 heavy (non-hydrogen) atoms. The van der Waals surface area contributed by atoms with Crippen molar-refractivity contribution < 1.29 is 19.0 Å². The van der Waals surface area contributed by atoms with Gasteiger partial charge in [0.25, 0.3) is 0 Å². The fourth-order valence-corrected chi connectivity index (χ4v) is 3.43. The molecule has 1 saturated heterocycles. The molecule has 0 atom stereocenters. The number of carbonyl (C=O) groups is 1. The molecule has 128 valence electrons. The highest BCUT2D eigenvalue weighted by atomic mass is 19.1. The second kappa shape index (κ2) is 6.65. The summed E-state index contributed by atoms with van der Waals surface area (Å²) in [6, 6.07) is 6.26. The molecule has 2 aromatic rings. The maximum Gasteiger partial charge on any atom is 0.352 e. The smallest absolute Gasteiger partial charge is 0.352 e. The Morgan fingerprint density at radius 3 is 2.62 bits per heavy atom. The molecular formula is C18H21FN2O3. The van der Waals surface area contributed by atoms with E-state index in [2.05, 4.69) is 4.90 Å². The van der Waals surface area contributed by atoms with Gasteiger partial charge >= 0.3 is 5.97 Å². The number of aromatic carboxylic acids is 1. The van der Waals surface area contributed by atoms with Gasteiger partial charge in [-0.3, -0.25) is 0 Å². The summed E-state index contributed by atoms with van der Waals surface area (Å²) in [4.78, 5) is 14.0. The Balaban J connectivity index is 2.05. The number of morpholine rings is 1. The molecule has 0 aliphatic carbocycles. The lowest BCUT2D eigenvalue weighted by molar-refractivity contribution is 0.0684. The molecular weight excluding hydrogens is 311 g/mol. The summed E-state index contributed by atoms with van der Waals surface area (Å²) in [5.41, 5.74) is 3.59. The van der Waals surface area contributed by atoms with E-state index in [0.717, 1.165) is 35.6 Å². The van der Waals surface area contributed by atoms with E-state index >= 15 is 0 Å². The van der Waals surface area contributed by atoms with Crippen LogP contribution in [-0.4, -0.2) is 41.9 Å². The van der Waals surface area contributed by atoms with Gasteiger partial charge in [0.1, 0.15) is 11.5 Å². The minimum atomic E-state index is -0.966. The SMILES string of the molecule is Cc1c(N2CCOCC2)c(C)n(Cc2cccc(F)c2)c1C(=O)O. The Morgan fingerprint density at radius 1 is 1.29 bits per heavy atom. The van der Waals surface area contributed by atoms with Crippen LogP contribution < -0.4 is 4.90 Å². The van der Waals surface area contributed by atoms with E-state index < -0.39 is 5.97 Å². The second-order valence-corrected chi connectivity index (χ2v) is 6.03. The molecule has 0 amide bonds. The Hall–Kier alpha value is -2.34. The van der Waals surface area contributed by atoms with E-state index in [1.54, 1.807) is 16.7 Å². The van der Waals surface area contributed by atoms with Crippen LogP contribution in [-0.2, 0) is 11.3 Å². The third-order valence-electron chi connectivity index (χ3n) is 4.49. The molecule has 1 fully saturated rings. The zero-order chi connectivity index (χ0) is 17.3. The molecule has 1 aromatic carbocycles. The first-order chi connectivity index (χ1) is 11.5. The topological polar surface area (TPSA) is 54.7 Å². The van der Waals surface area contributed by atoms with Crippen LogP contribution in [0.15, 0.2) is 24.3 Å². The number of ether oxygens (including phenoxy) is 1. The number of carboxylic acid groups (broad SMARTS) is 1. The maximum atomic E-state index is 13.5. The normalized spacial score (nSPS) is 14.9. The van der Waals surface area contributed by atoms with Gasteiger partial charge in [0.2, 0.25) is 0 Å². The number of hydrogen-bond donors (Lipinski definition) is 1. The van der Waals surface area contributed by atoms with Gasteiger partial charge in [0, 0.05) is 30.9 Å². The van der Waals surface area contributed by atoms with Crippen molar-refractivity contribution in [2.75, 3.05) is 31.2 Å². The van der Waals surface area contributed by atoms with Crippen LogP contribution in [0, 0.1) is 19.7 Å². The molecule has 5 nitrogen and oxygen atoms in total. The Labute approximate surface area is 140 Å². The van der Waals surface area contributed by atoms with Crippen LogP contribution in [0.2, 0.25) is 0 Å². The van der Waals surface area contributed by atoms with E-state index in [9.17, 15) is 14.3 Å². The molecule has 1 aliphatic heterocycles. The number of rotatable bonds is 4. The van der Waals surface area contributed by atoms with Gasteiger partial charge in [-0.15, -0.1) is 0 Å². The number of anilines is 1. The average molecular weight is 332 g/mol. The Bertz CT molecular complexity index is 764. The minimum Gasteiger partial charge on any atom is -0.477 e. The zero-order valence-electron chi connectivity index (χ0n) is 13.9. The van der Waals surface area contributed by atoms with Crippen LogP contribution in [0.1, 0.15) is 27.3 Å². The molecule has 0 radical (unpaired) electrons. The first-order valence-corrected chi connectivity index (χ1v) is 7.99. The maximum absolute atomic E-state index is 13.5. The number of aromatic nitrogens is 1. The van der Waals surface area contributed by atoms with Gasteiger partial charge in [0.05, 0.1) is 18.9 Å². The van der Waals surface area contributed by atoms with Gasteiger partial charge < -0.3 is 19.3 Å². The van der Waals surface area contributed by atoms with E-state index in [4.69, 9.17) is 4.74 Å². The number of carboxylic acids is 1. The van der Waals surface area contributed by atoms with E-state index in [0.29, 0.717) is 19.8 Å². The lowest BCUT2D eigenvalue weighted by atomic mass is 10.2. The zero-order valence-corrected chi connectivity index (χ0v) is 13.9. The number of halogens is 1. The Morgan fingerprint density at radius 2 is 2.00 bits per heavy atom. The average Bonchev–Trinajstić information content (AvgIpc) is 2.79. The van der Waals surface area contributed by atoms with Crippen molar-refractivity contribution in [3.8, 4) is 0 Å². The number of hydrogen-bond acceptors (Lipinski definition) is 3. The van der Waals surface area contributed by atoms with Crippen molar-refractivity contribution in [3.05, 3.63) is 52.6 Å². The van der Waals surface area contributed by atoms with Gasteiger partial charge in [-0.05, 0) is 31.5 Å². The van der Waals surface area contributed by atoms with Gasteiger partial charge in [-0.1, -0.05) is 12.1 Å². The van der Waals surface area contributed by atoms with E-state index in [-0.39, 0.29) is 11.5 Å². The first kappa shape index (κ1) is 16.5.